The Hall–Kier alpha value is -2.67. The van der Waals surface area contributed by atoms with Crippen molar-refractivity contribution >= 4 is 11.5 Å². The molecule has 7 nitrogen and oxygen atoms in total. The van der Waals surface area contributed by atoms with Crippen LogP contribution in [0.1, 0.15) is 5.56 Å². The number of pyridine rings is 1. The number of aromatic nitrogens is 1. The Labute approximate surface area is 147 Å². The number of benzene rings is 1. The maximum Gasteiger partial charge on any atom is 0.363 e. The highest BCUT2D eigenvalue weighted by molar-refractivity contribution is 5.46. The van der Waals surface area contributed by atoms with Crippen LogP contribution in [-0.4, -0.2) is 54.1 Å². The second-order valence-corrected chi connectivity index (χ2v) is 6.13. The van der Waals surface area contributed by atoms with Crippen LogP contribution in [0, 0.1) is 17.0 Å². The van der Waals surface area contributed by atoms with Gasteiger partial charge in [0.2, 0.25) is 0 Å². The van der Waals surface area contributed by atoms with Crippen molar-refractivity contribution in [3.05, 3.63) is 58.3 Å². The van der Waals surface area contributed by atoms with Gasteiger partial charge in [-0.2, -0.15) is 0 Å². The first-order valence-electron chi connectivity index (χ1n) is 8.39. The van der Waals surface area contributed by atoms with E-state index in [0.29, 0.717) is 6.61 Å². The third kappa shape index (κ3) is 4.67. The molecular weight excluding hydrogens is 320 g/mol. The monoisotopic (exact) mass is 342 g/mol. The molecule has 0 saturated carbocycles. The summed E-state index contributed by atoms with van der Waals surface area (Å²) >= 11 is 0. The van der Waals surface area contributed by atoms with E-state index in [-0.39, 0.29) is 5.82 Å². The van der Waals surface area contributed by atoms with Crippen molar-refractivity contribution < 1.29 is 9.66 Å². The predicted octanol–water partition coefficient (Wildman–Crippen LogP) is 2.50. The summed E-state index contributed by atoms with van der Waals surface area (Å²) in [7, 11) is 0. The topological polar surface area (TPSA) is 71.7 Å². The van der Waals surface area contributed by atoms with Crippen LogP contribution in [0.5, 0.6) is 5.75 Å². The van der Waals surface area contributed by atoms with Gasteiger partial charge in [0.05, 0.1) is 5.69 Å². The lowest BCUT2D eigenvalue weighted by atomic mass is 10.2. The number of nitro groups is 1. The lowest BCUT2D eigenvalue weighted by Crippen LogP contribution is -2.47. The highest BCUT2D eigenvalue weighted by Crippen LogP contribution is 2.18. The normalized spacial score (nSPS) is 15.2. The van der Waals surface area contributed by atoms with Gasteiger partial charge >= 0.3 is 5.82 Å². The molecule has 1 aromatic heterocycles. The van der Waals surface area contributed by atoms with E-state index in [1.165, 1.54) is 11.6 Å². The molecule has 1 aliphatic rings. The Morgan fingerprint density at radius 1 is 1.20 bits per heavy atom. The minimum absolute atomic E-state index is 0.115. The summed E-state index contributed by atoms with van der Waals surface area (Å²) in [4.78, 5) is 18.6. The third-order valence-electron chi connectivity index (χ3n) is 4.32. The zero-order valence-electron chi connectivity index (χ0n) is 14.3. The molecule has 0 bridgehead atoms. The maximum atomic E-state index is 10.7. The molecule has 7 heteroatoms. The van der Waals surface area contributed by atoms with Gasteiger partial charge in [0, 0.05) is 38.8 Å². The van der Waals surface area contributed by atoms with Gasteiger partial charge in [-0.05, 0) is 40.6 Å². The van der Waals surface area contributed by atoms with E-state index in [1.807, 2.05) is 18.2 Å². The van der Waals surface area contributed by atoms with Gasteiger partial charge in [-0.1, -0.05) is 12.1 Å². The molecule has 2 aromatic rings. The molecule has 0 spiro atoms. The molecule has 0 N–H and O–H groups in total. The Kier molecular flexibility index (Phi) is 5.45. The fourth-order valence-corrected chi connectivity index (χ4v) is 2.90. The van der Waals surface area contributed by atoms with Crippen LogP contribution in [-0.2, 0) is 0 Å². The highest BCUT2D eigenvalue weighted by atomic mass is 16.6. The first-order chi connectivity index (χ1) is 12.1. The van der Waals surface area contributed by atoms with Crippen molar-refractivity contribution in [2.24, 2.45) is 0 Å². The molecule has 1 aromatic carbocycles. The van der Waals surface area contributed by atoms with E-state index in [4.69, 9.17) is 4.74 Å². The van der Waals surface area contributed by atoms with E-state index in [2.05, 4.69) is 27.8 Å². The molecule has 0 amide bonds. The Balaban J connectivity index is 1.43. The fourth-order valence-electron chi connectivity index (χ4n) is 2.90. The lowest BCUT2D eigenvalue weighted by molar-refractivity contribution is -0.389. The molecule has 0 aliphatic carbocycles. The molecule has 0 unspecified atom stereocenters. The zero-order chi connectivity index (χ0) is 17.6. The summed E-state index contributed by atoms with van der Waals surface area (Å²) in [6, 6.07) is 11.3. The first kappa shape index (κ1) is 17.2. The number of piperazine rings is 1. The second kappa shape index (κ2) is 7.94. The second-order valence-electron chi connectivity index (χ2n) is 6.13. The Morgan fingerprint density at radius 2 is 2.00 bits per heavy atom. The Bertz CT molecular complexity index is 713. The van der Waals surface area contributed by atoms with Crippen LogP contribution in [0.3, 0.4) is 0 Å². The summed E-state index contributed by atoms with van der Waals surface area (Å²) in [5.41, 5.74) is 2.13. The average molecular weight is 342 g/mol. The average Bonchev–Trinajstić information content (AvgIpc) is 2.62. The van der Waals surface area contributed by atoms with Crippen molar-refractivity contribution in [3.63, 3.8) is 0 Å². The molecule has 3 rings (SSSR count). The van der Waals surface area contributed by atoms with Gasteiger partial charge in [0.1, 0.15) is 12.4 Å². The third-order valence-corrected chi connectivity index (χ3v) is 4.32. The number of rotatable bonds is 6. The minimum atomic E-state index is -0.476. The fraction of sp³-hybridized carbons (Fsp3) is 0.389. The van der Waals surface area contributed by atoms with Gasteiger partial charge in [-0.15, -0.1) is 0 Å². The van der Waals surface area contributed by atoms with Crippen molar-refractivity contribution in [2.45, 2.75) is 6.92 Å². The van der Waals surface area contributed by atoms with Gasteiger partial charge < -0.3 is 19.8 Å². The maximum absolute atomic E-state index is 10.7. The van der Waals surface area contributed by atoms with Crippen LogP contribution in [0.4, 0.5) is 11.5 Å². The molecule has 0 radical (unpaired) electrons. The van der Waals surface area contributed by atoms with Crippen LogP contribution >= 0.6 is 0 Å². The van der Waals surface area contributed by atoms with E-state index in [9.17, 15) is 10.1 Å². The van der Waals surface area contributed by atoms with Gasteiger partial charge in [-0.3, -0.25) is 4.90 Å². The van der Waals surface area contributed by atoms with Crippen LogP contribution < -0.4 is 9.64 Å². The van der Waals surface area contributed by atoms with E-state index < -0.39 is 4.92 Å². The Morgan fingerprint density at radius 3 is 2.64 bits per heavy atom. The van der Waals surface area contributed by atoms with Gasteiger partial charge in [0.15, 0.2) is 6.20 Å². The first-order valence-corrected chi connectivity index (χ1v) is 8.39. The van der Waals surface area contributed by atoms with Crippen molar-refractivity contribution in [1.29, 1.82) is 0 Å². The zero-order valence-corrected chi connectivity index (χ0v) is 14.3. The number of hydrogen-bond acceptors (Lipinski definition) is 6. The van der Waals surface area contributed by atoms with E-state index in [0.717, 1.165) is 44.2 Å². The lowest BCUT2D eigenvalue weighted by Gasteiger charge is -2.35. The quantitative estimate of drug-likeness (QED) is 0.593. The molecule has 2 heterocycles. The van der Waals surface area contributed by atoms with Crippen LogP contribution in [0.25, 0.3) is 0 Å². The summed E-state index contributed by atoms with van der Waals surface area (Å²) in [6.07, 6.45) is 1.58. The SMILES string of the molecule is Cc1cccc(OCCN2CCN(c3ccc([N+](=O)[O-])nc3)CC2)c1. The number of anilines is 1. The van der Waals surface area contributed by atoms with Crippen molar-refractivity contribution in [1.82, 2.24) is 9.88 Å². The highest BCUT2D eigenvalue weighted by Gasteiger charge is 2.18. The minimum Gasteiger partial charge on any atom is -0.492 e. The van der Waals surface area contributed by atoms with Gasteiger partial charge in [-0.25, -0.2) is 0 Å². The van der Waals surface area contributed by atoms with E-state index >= 15 is 0 Å². The summed E-state index contributed by atoms with van der Waals surface area (Å²) in [5, 5.41) is 10.7. The molecule has 1 saturated heterocycles. The molecule has 0 atom stereocenters. The smallest absolute Gasteiger partial charge is 0.363 e. The molecule has 1 fully saturated rings. The largest absolute Gasteiger partial charge is 0.492 e. The predicted molar refractivity (Wildman–Crippen MR) is 96.2 cm³/mol. The number of hydrogen-bond donors (Lipinski definition) is 0. The molecule has 132 valence electrons. The molecular formula is C18H22N4O3. The number of ether oxygens (including phenoxy) is 1. The summed E-state index contributed by atoms with van der Waals surface area (Å²) < 4.78 is 5.81. The molecule has 1 aliphatic heterocycles. The summed E-state index contributed by atoms with van der Waals surface area (Å²) in [5.74, 6) is 0.797. The van der Waals surface area contributed by atoms with Crippen molar-refractivity contribution in [2.75, 3.05) is 44.2 Å². The van der Waals surface area contributed by atoms with Crippen molar-refractivity contribution in [3.8, 4) is 5.75 Å². The molecule has 25 heavy (non-hydrogen) atoms. The number of nitrogens with zero attached hydrogens (tertiary/aromatic N) is 4. The standard InChI is InChI=1S/C18H22N4O3/c1-15-3-2-4-17(13-15)25-12-11-20-7-9-21(10-8-20)16-5-6-18(19-14-16)22(23)24/h2-6,13-14H,7-12H2,1H3. The van der Waals surface area contributed by atoms with E-state index in [1.54, 1.807) is 12.3 Å². The van der Waals surface area contributed by atoms with Crippen LogP contribution in [0.15, 0.2) is 42.6 Å². The summed E-state index contributed by atoms with van der Waals surface area (Å²) in [6.45, 7) is 7.25. The van der Waals surface area contributed by atoms with Gasteiger partial charge in [0.25, 0.3) is 0 Å². The number of aryl methyl sites for hydroxylation is 1. The van der Waals surface area contributed by atoms with Crippen LogP contribution in [0.2, 0.25) is 0 Å².